The van der Waals surface area contributed by atoms with E-state index in [9.17, 15) is 13.2 Å². The van der Waals surface area contributed by atoms with Crippen molar-refractivity contribution in [3.05, 3.63) is 35.4 Å². The van der Waals surface area contributed by atoms with Crippen LogP contribution in [0.4, 0.5) is 13.2 Å². The Morgan fingerprint density at radius 1 is 1.30 bits per heavy atom. The molecule has 0 radical (unpaired) electrons. The number of alkyl halides is 3. The van der Waals surface area contributed by atoms with Crippen LogP contribution in [0, 0.1) is 0 Å². The number of hydrogen-bond acceptors (Lipinski definition) is 3. The van der Waals surface area contributed by atoms with Gasteiger partial charge in [-0.2, -0.15) is 36.7 Å². The molecule has 0 aromatic heterocycles. The minimum atomic E-state index is -4.29. The van der Waals surface area contributed by atoms with Crippen molar-refractivity contribution in [1.29, 1.82) is 0 Å². The highest BCUT2D eigenvalue weighted by Crippen LogP contribution is 2.34. The van der Waals surface area contributed by atoms with Crippen LogP contribution in [0.5, 0.6) is 0 Å². The first-order chi connectivity index (χ1) is 9.48. The Bertz CT molecular complexity index is 431. The molecular formula is C14H18F3NS2. The maximum absolute atomic E-state index is 13.0. The fourth-order valence-electron chi connectivity index (χ4n) is 2.21. The van der Waals surface area contributed by atoms with Gasteiger partial charge in [-0.25, -0.2) is 0 Å². The van der Waals surface area contributed by atoms with Crippen LogP contribution in [0.25, 0.3) is 0 Å². The smallest absolute Gasteiger partial charge is 0.309 e. The third kappa shape index (κ3) is 4.33. The fourth-order valence-corrected chi connectivity index (χ4v) is 4.83. The van der Waals surface area contributed by atoms with E-state index in [1.807, 2.05) is 23.5 Å². The first kappa shape index (κ1) is 16.0. The summed E-state index contributed by atoms with van der Waals surface area (Å²) in [5, 5.41) is 3.74. The molecule has 1 N–H and O–H groups in total. The van der Waals surface area contributed by atoms with Crippen molar-refractivity contribution in [3.63, 3.8) is 0 Å². The molecule has 2 rings (SSSR count). The van der Waals surface area contributed by atoms with E-state index in [0.717, 1.165) is 24.1 Å². The molecule has 1 aromatic carbocycles. The normalized spacial score (nSPS) is 21.7. The molecule has 2 atom stereocenters. The van der Waals surface area contributed by atoms with E-state index >= 15 is 0 Å². The van der Waals surface area contributed by atoms with Crippen LogP contribution in [0.15, 0.2) is 24.3 Å². The lowest BCUT2D eigenvalue weighted by molar-refractivity contribution is -0.138. The van der Waals surface area contributed by atoms with E-state index in [1.165, 1.54) is 11.8 Å². The molecule has 1 aliphatic rings. The van der Waals surface area contributed by atoms with Crippen LogP contribution in [-0.2, 0) is 6.18 Å². The van der Waals surface area contributed by atoms with E-state index in [4.69, 9.17) is 0 Å². The first-order valence-corrected chi connectivity index (χ1v) is 8.77. The van der Waals surface area contributed by atoms with Crippen LogP contribution >= 0.6 is 23.5 Å². The summed E-state index contributed by atoms with van der Waals surface area (Å²) in [6.07, 6.45) is -4.29. The average molecular weight is 321 g/mol. The van der Waals surface area contributed by atoms with Crippen molar-refractivity contribution in [2.24, 2.45) is 0 Å². The van der Waals surface area contributed by atoms with Crippen molar-refractivity contribution >= 4 is 23.5 Å². The summed E-state index contributed by atoms with van der Waals surface area (Å²) in [6.45, 7) is 2.55. The summed E-state index contributed by atoms with van der Waals surface area (Å²) in [4.78, 5) is 0. The number of benzene rings is 1. The van der Waals surface area contributed by atoms with Gasteiger partial charge in [0.15, 0.2) is 0 Å². The molecule has 0 spiro atoms. The molecular weight excluding hydrogens is 303 g/mol. The molecule has 0 aliphatic carbocycles. The number of hydrogen-bond donors (Lipinski definition) is 1. The third-order valence-corrected chi connectivity index (χ3v) is 6.11. The molecule has 0 saturated carbocycles. The zero-order valence-electron chi connectivity index (χ0n) is 11.2. The van der Waals surface area contributed by atoms with Crippen molar-refractivity contribution in [3.8, 4) is 0 Å². The Kier molecular flexibility index (Phi) is 5.69. The van der Waals surface area contributed by atoms with Crippen molar-refractivity contribution in [2.45, 2.75) is 24.4 Å². The van der Waals surface area contributed by atoms with Crippen LogP contribution in [0.3, 0.4) is 0 Å². The molecule has 6 heteroatoms. The molecule has 1 heterocycles. The maximum atomic E-state index is 13.0. The Labute approximate surface area is 126 Å². The summed E-state index contributed by atoms with van der Waals surface area (Å²) < 4.78 is 38.9. The van der Waals surface area contributed by atoms with E-state index < -0.39 is 11.7 Å². The molecule has 20 heavy (non-hydrogen) atoms. The number of halogens is 3. The number of rotatable bonds is 4. The topological polar surface area (TPSA) is 12.0 Å². The quantitative estimate of drug-likeness (QED) is 0.892. The minimum Gasteiger partial charge on any atom is -0.309 e. The second-order valence-corrected chi connectivity index (χ2v) is 7.34. The zero-order chi connectivity index (χ0) is 14.6. The van der Waals surface area contributed by atoms with Crippen LogP contribution in [0.1, 0.15) is 24.1 Å². The first-order valence-electron chi connectivity index (χ1n) is 6.57. The van der Waals surface area contributed by atoms with Gasteiger partial charge in [-0.1, -0.05) is 18.2 Å². The maximum Gasteiger partial charge on any atom is 0.416 e. The van der Waals surface area contributed by atoms with Gasteiger partial charge >= 0.3 is 6.18 Å². The fraction of sp³-hybridized carbons (Fsp3) is 0.571. The van der Waals surface area contributed by atoms with E-state index in [0.29, 0.717) is 10.8 Å². The monoisotopic (exact) mass is 321 g/mol. The van der Waals surface area contributed by atoms with Crippen molar-refractivity contribution < 1.29 is 13.2 Å². The van der Waals surface area contributed by atoms with E-state index in [-0.39, 0.29) is 6.04 Å². The zero-order valence-corrected chi connectivity index (χ0v) is 12.9. The van der Waals surface area contributed by atoms with Crippen molar-refractivity contribution in [1.82, 2.24) is 5.32 Å². The van der Waals surface area contributed by atoms with E-state index in [2.05, 4.69) is 5.32 Å². The SMILES string of the molecule is CC(NCC1CSCCS1)c1ccccc1C(F)(F)F. The predicted molar refractivity (Wildman–Crippen MR) is 81.4 cm³/mol. The van der Waals surface area contributed by atoms with Gasteiger partial charge in [-0.3, -0.25) is 0 Å². The van der Waals surface area contributed by atoms with Crippen molar-refractivity contribution in [2.75, 3.05) is 23.8 Å². The lowest BCUT2D eigenvalue weighted by Gasteiger charge is -2.25. The molecule has 2 unspecified atom stereocenters. The van der Waals surface area contributed by atoms with Gasteiger partial charge in [0.05, 0.1) is 5.56 Å². The molecule has 1 fully saturated rings. The molecule has 1 saturated heterocycles. The average Bonchev–Trinajstić information content (AvgIpc) is 2.45. The molecule has 112 valence electrons. The summed E-state index contributed by atoms with van der Waals surface area (Å²) in [5.41, 5.74) is -0.209. The standard InChI is InChI=1S/C14H18F3NS2/c1-10(18-8-11-9-19-6-7-20-11)12-4-2-3-5-13(12)14(15,16)17/h2-5,10-11,18H,6-9H2,1H3. The van der Waals surface area contributed by atoms with Crippen LogP contribution in [0.2, 0.25) is 0 Å². The largest absolute Gasteiger partial charge is 0.416 e. The molecule has 1 aromatic rings. The van der Waals surface area contributed by atoms with Gasteiger partial charge in [-0.05, 0) is 18.6 Å². The van der Waals surface area contributed by atoms with E-state index in [1.54, 1.807) is 19.1 Å². The number of thioether (sulfide) groups is 2. The highest BCUT2D eigenvalue weighted by atomic mass is 32.2. The summed E-state index contributed by atoms with van der Waals surface area (Å²) in [5.74, 6) is 3.38. The Morgan fingerprint density at radius 2 is 2.05 bits per heavy atom. The van der Waals surface area contributed by atoms with Gasteiger partial charge in [0, 0.05) is 35.1 Å². The lowest BCUT2D eigenvalue weighted by Crippen LogP contribution is -2.31. The highest BCUT2D eigenvalue weighted by Gasteiger charge is 2.34. The Hall–Kier alpha value is -0.330. The van der Waals surface area contributed by atoms with Gasteiger partial charge in [0.1, 0.15) is 0 Å². The lowest BCUT2D eigenvalue weighted by atomic mass is 10.0. The summed E-state index contributed by atoms with van der Waals surface area (Å²) in [7, 11) is 0. The number of nitrogens with one attached hydrogen (secondary N) is 1. The Balaban J connectivity index is 2.00. The molecule has 1 nitrogen and oxygen atoms in total. The van der Waals surface area contributed by atoms with Gasteiger partial charge in [-0.15, -0.1) is 0 Å². The van der Waals surface area contributed by atoms with Crippen LogP contribution < -0.4 is 5.32 Å². The van der Waals surface area contributed by atoms with Gasteiger partial charge in [0.2, 0.25) is 0 Å². The van der Waals surface area contributed by atoms with Crippen LogP contribution in [-0.4, -0.2) is 29.1 Å². The van der Waals surface area contributed by atoms with Gasteiger partial charge < -0.3 is 5.32 Å². The predicted octanol–water partition coefficient (Wildman–Crippen LogP) is 4.20. The highest BCUT2D eigenvalue weighted by molar-refractivity contribution is 8.06. The second kappa shape index (κ2) is 7.09. The Morgan fingerprint density at radius 3 is 2.70 bits per heavy atom. The summed E-state index contributed by atoms with van der Waals surface area (Å²) in [6, 6.07) is 5.52. The molecule has 0 amide bonds. The minimum absolute atomic E-state index is 0.291. The molecule has 1 aliphatic heterocycles. The summed E-state index contributed by atoms with van der Waals surface area (Å²) >= 11 is 3.82. The molecule has 0 bridgehead atoms. The second-order valence-electron chi connectivity index (χ2n) is 4.78. The van der Waals surface area contributed by atoms with Gasteiger partial charge in [0.25, 0.3) is 0 Å². The third-order valence-electron chi connectivity index (χ3n) is 3.27.